The number of urea groups is 1. The SMILES string of the molecule is CC1CC(C)(C)CC2(C1)NC(=O)N(CN1CCN(C(=O)c3cccs3)CC1)C2=O. The molecule has 1 N–H and O–H groups in total. The van der Waals surface area contributed by atoms with Gasteiger partial charge in [-0.1, -0.05) is 26.8 Å². The fourth-order valence-corrected chi connectivity index (χ4v) is 6.17. The summed E-state index contributed by atoms with van der Waals surface area (Å²) in [4.78, 5) is 44.5. The van der Waals surface area contributed by atoms with Crippen LogP contribution in [0.4, 0.5) is 4.79 Å². The van der Waals surface area contributed by atoms with Crippen molar-refractivity contribution in [1.29, 1.82) is 0 Å². The van der Waals surface area contributed by atoms with Crippen molar-refractivity contribution in [2.75, 3.05) is 32.8 Å². The molecule has 0 bridgehead atoms. The van der Waals surface area contributed by atoms with Gasteiger partial charge in [0.1, 0.15) is 5.54 Å². The van der Waals surface area contributed by atoms with Gasteiger partial charge >= 0.3 is 6.03 Å². The van der Waals surface area contributed by atoms with Gasteiger partial charge in [-0.15, -0.1) is 11.3 Å². The van der Waals surface area contributed by atoms with Crippen LogP contribution in [0.25, 0.3) is 0 Å². The molecule has 4 amide bonds. The van der Waals surface area contributed by atoms with Crippen molar-refractivity contribution >= 4 is 29.2 Å². The third-order valence-corrected chi connectivity index (χ3v) is 7.21. The molecule has 1 aliphatic carbocycles. The zero-order chi connectivity index (χ0) is 20.8. The molecule has 0 aromatic carbocycles. The van der Waals surface area contributed by atoms with Gasteiger partial charge in [-0.25, -0.2) is 9.69 Å². The third kappa shape index (κ3) is 3.92. The molecule has 3 fully saturated rings. The molecule has 2 aliphatic heterocycles. The van der Waals surface area contributed by atoms with E-state index < -0.39 is 5.54 Å². The molecule has 1 spiro atoms. The minimum atomic E-state index is -0.755. The number of imide groups is 1. The minimum Gasteiger partial charge on any atom is -0.335 e. The first-order valence-electron chi connectivity index (χ1n) is 10.4. The molecule has 1 saturated carbocycles. The van der Waals surface area contributed by atoms with Crippen molar-refractivity contribution in [2.24, 2.45) is 11.3 Å². The molecule has 2 atom stereocenters. The Morgan fingerprint density at radius 3 is 2.55 bits per heavy atom. The summed E-state index contributed by atoms with van der Waals surface area (Å²) >= 11 is 1.45. The summed E-state index contributed by atoms with van der Waals surface area (Å²) in [5.41, 5.74) is -0.723. The Morgan fingerprint density at radius 1 is 1.21 bits per heavy atom. The molecule has 0 radical (unpaired) electrons. The molecule has 1 aromatic heterocycles. The Hall–Kier alpha value is -1.93. The average Bonchev–Trinajstić information content (AvgIpc) is 3.24. The van der Waals surface area contributed by atoms with Gasteiger partial charge in [0.05, 0.1) is 11.5 Å². The van der Waals surface area contributed by atoms with Gasteiger partial charge in [-0.3, -0.25) is 14.5 Å². The number of rotatable bonds is 3. The first kappa shape index (κ1) is 20.3. The summed E-state index contributed by atoms with van der Waals surface area (Å²) in [6.45, 7) is 9.33. The van der Waals surface area contributed by atoms with E-state index in [1.807, 2.05) is 22.4 Å². The molecular formula is C21H30N4O3S. The minimum absolute atomic E-state index is 0.0321. The molecule has 29 heavy (non-hydrogen) atoms. The lowest BCUT2D eigenvalue weighted by atomic mass is 9.64. The highest BCUT2D eigenvalue weighted by atomic mass is 32.1. The van der Waals surface area contributed by atoms with Crippen LogP contribution in [0.5, 0.6) is 0 Å². The zero-order valence-electron chi connectivity index (χ0n) is 17.4. The fourth-order valence-electron chi connectivity index (χ4n) is 5.48. The van der Waals surface area contributed by atoms with Crippen molar-refractivity contribution in [2.45, 2.75) is 45.6 Å². The van der Waals surface area contributed by atoms with Gasteiger partial charge in [0.15, 0.2) is 0 Å². The van der Waals surface area contributed by atoms with E-state index in [2.05, 4.69) is 31.0 Å². The highest BCUT2D eigenvalue weighted by molar-refractivity contribution is 7.12. The smallest absolute Gasteiger partial charge is 0.326 e. The number of carbonyl (C=O) groups is 3. The highest BCUT2D eigenvalue weighted by Gasteiger charge is 2.56. The molecule has 3 aliphatic rings. The second-order valence-corrected chi connectivity index (χ2v) is 10.6. The fraction of sp³-hybridized carbons (Fsp3) is 0.667. The first-order valence-corrected chi connectivity index (χ1v) is 11.3. The molecule has 4 rings (SSSR count). The Bertz CT molecular complexity index is 801. The maximum atomic E-state index is 13.3. The monoisotopic (exact) mass is 418 g/mol. The molecule has 8 heteroatoms. The first-order chi connectivity index (χ1) is 13.7. The maximum absolute atomic E-state index is 13.3. The van der Waals surface area contributed by atoms with E-state index in [9.17, 15) is 14.4 Å². The van der Waals surface area contributed by atoms with Gasteiger partial charge in [0, 0.05) is 26.2 Å². The Labute approximate surface area is 176 Å². The van der Waals surface area contributed by atoms with Crippen LogP contribution in [-0.2, 0) is 4.79 Å². The zero-order valence-corrected chi connectivity index (χ0v) is 18.3. The normalized spacial score (nSPS) is 30.1. The number of nitrogens with one attached hydrogen (secondary N) is 1. The lowest BCUT2D eigenvalue weighted by Gasteiger charge is -2.44. The van der Waals surface area contributed by atoms with Crippen LogP contribution in [0.2, 0.25) is 0 Å². The predicted molar refractivity (Wildman–Crippen MR) is 112 cm³/mol. The van der Waals surface area contributed by atoms with E-state index in [-0.39, 0.29) is 23.3 Å². The molecule has 2 unspecified atom stereocenters. The molecular weight excluding hydrogens is 388 g/mol. The molecule has 7 nitrogen and oxygen atoms in total. The summed E-state index contributed by atoms with van der Waals surface area (Å²) in [7, 11) is 0. The number of carbonyl (C=O) groups excluding carboxylic acids is 3. The summed E-state index contributed by atoms with van der Waals surface area (Å²) in [6, 6.07) is 3.45. The van der Waals surface area contributed by atoms with E-state index in [1.165, 1.54) is 16.2 Å². The van der Waals surface area contributed by atoms with E-state index >= 15 is 0 Å². The molecule has 1 aromatic rings. The number of hydrogen-bond donors (Lipinski definition) is 1. The van der Waals surface area contributed by atoms with E-state index in [4.69, 9.17) is 0 Å². The summed E-state index contributed by atoms with van der Waals surface area (Å²) in [6.07, 6.45) is 2.47. The quantitative estimate of drug-likeness (QED) is 0.766. The number of nitrogens with zero attached hydrogens (tertiary/aromatic N) is 3. The Morgan fingerprint density at radius 2 is 1.93 bits per heavy atom. The summed E-state index contributed by atoms with van der Waals surface area (Å²) in [5.74, 6) is 0.376. The lowest BCUT2D eigenvalue weighted by molar-refractivity contribution is -0.136. The number of amides is 4. The predicted octanol–water partition coefficient (Wildman–Crippen LogP) is 2.60. The maximum Gasteiger partial charge on any atom is 0.326 e. The number of piperazine rings is 1. The largest absolute Gasteiger partial charge is 0.335 e. The van der Waals surface area contributed by atoms with Gasteiger partial charge in [0.25, 0.3) is 11.8 Å². The second-order valence-electron chi connectivity index (χ2n) is 9.63. The van der Waals surface area contributed by atoms with Gasteiger partial charge in [-0.2, -0.15) is 0 Å². The second kappa shape index (κ2) is 7.40. The van der Waals surface area contributed by atoms with Gasteiger partial charge < -0.3 is 10.2 Å². The van der Waals surface area contributed by atoms with Crippen LogP contribution < -0.4 is 5.32 Å². The molecule has 158 valence electrons. The molecule has 3 heterocycles. The molecule has 2 saturated heterocycles. The van der Waals surface area contributed by atoms with Crippen molar-refractivity contribution in [3.8, 4) is 0 Å². The number of thiophene rings is 1. The van der Waals surface area contributed by atoms with Crippen molar-refractivity contribution in [3.05, 3.63) is 22.4 Å². The Balaban J connectivity index is 1.37. The average molecular weight is 419 g/mol. The van der Waals surface area contributed by atoms with Crippen LogP contribution >= 0.6 is 11.3 Å². The standard InChI is InChI=1S/C21H30N4O3S/c1-15-11-20(2,3)13-21(12-15)18(27)25(19(28)22-21)14-23-6-8-24(9-7-23)17(26)16-5-4-10-29-16/h4-5,10,15H,6-9,11-14H2,1-3H3,(H,22,28). The van der Waals surface area contributed by atoms with Crippen LogP contribution in [0.15, 0.2) is 17.5 Å². The van der Waals surface area contributed by atoms with E-state index in [1.54, 1.807) is 0 Å². The van der Waals surface area contributed by atoms with Crippen LogP contribution in [0, 0.1) is 11.3 Å². The van der Waals surface area contributed by atoms with Crippen molar-refractivity contribution in [1.82, 2.24) is 20.0 Å². The Kier molecular flexibility index (Phi) is 5.19. The summed E-state index contributed by atoms with van der Waals surface area (Å²) in [5, 5.41) is 4.94. The van der Waals surface area contributed by atoms with Gasteiger partial charge in [-0.05, 0) is 42.0 Å². The van der Waals surface area contributed by atoms with E-state index in [0.717, 1.165) is 11.3 Å². The van der Waals surface area contributed by atoms with E-state index in [0.29, 0.717) is 51.6 Å². The third-order valence-electron chi connectivity index (χ3n) is 6.36. The van der Waals surface area contributed by atoms with Crippen LogP contribution in [0.1, 0.15) is 49.7 Å². The van der Waals surface area contributed by atoms with Gasteiger partial charge in [0.2, 0.25) is 0 Å². The topological polar surface area (TPSA) is 73.0 Å². The van der Waals surface area contributed by atoms with Crippen molar-refractivity contribution in [3.63, 3.8) is 0 Å². The summed E-state index contributed by atoms with van der Waals surface area (Å²) < 4.78 is 0. The number of hydrogen-bond acceptors (Lipinski definition) is 5. The van der Waals surface area contributed by atoms with Crippen LogP contribution in [0.3, 0.4) is 0 Å². The lowest BCUT2D eigenvalue weighted by Crippen LogP contribution is -2.55. The van der Waals surface area contributed by atoms with Crippen LogP contribution in [-0.4, -0.2) is 70.9 Å². The van der Waals surface area contributed by atoms with Crippen molar-refractivity contribution < 1.29 is 14.4 Å². The highest BCUT2D eigenvalue weighted by Crippen LogP contribution is 2.46.